The van der Waals surface area contributed by atoms with E-state index in [-0.39, 0.29) is 17.4 Å². The predicted molar refractivity (Wildman–Crippen MR) is 107 cm³/mol. The quantitative estimate of drug-likeness (QED) is 0.844. The first-order valence-corrected chi connectivity index (χ1v) is 10.1. The number of methoxy groups -OCH3 is 1. The number of benzene rings is 2. The fourth-order valence-electron chi connectivity index (χ4n) is 4.79. The maximum Gasteiger partial charge on any atom is 0.220 e. The average molecular weight is 400 g/mol. The summed E-state index contributed by atoms with van der Waals surface area (Å²) in [6, 6.07) is 12.1. The number of carbonyl (C=O) groups excluding carboxylic acids is 1. The molecule has 2 atom stereocenters. The Morgan fingerprint density at radius 1 is 1.14 bits per heavy atom. The van der Waals surface area contributed by atoms with Gasteiger partial charge >= 0.3 is 0 Å². The second-order valence-corrected chi connectivity index (χ2v) is 8.16. The van der Waals surface area contributed by atoms with Crippen LogP contribution in [0.15, 0.2) is 42.5 Å². The lowest BCUT2D eigenvalue weighted by Crippen LogP contribution is -2.52. The van der Waals surface area contributed by atoms with Crippen LogP contribution in [-0.2, 0) is 11.3 Å². The average Bonchev–Trinajstić information content (AvgIpc) is 2.93. The van der Waals surface area contributed by atoms with E-state index in [0.29, 0.717) is 19.5 Å². The Bertz CT molecular complexity index is 887. The van der Waals surface area contributed by atoms with E-state index in [9.17, 15) is 13.6 Å². The third-order valence-corrected chi connectivity index (χ3v) is 6.19. The van der Waals surface area contributed by atoms with Crippen LogP contribution in [0.3, 0.4) is 0 Å². The molecule has 2 aromatic carbocycles. The Hall–Kier alpha value is -2.47. The summed E-state index contributed by atoms with van der Waals surface area (Å²) in [7, 11) is 1.64. The lowest BCUT2D eigenvalue weighted by molar-refractivity contribution is -0.122. The van der Waals surface area contributed by atoms with Crippen molar-refractivity contribution in [2.75, 3.05) is 20.2 Å². The van der Waals surface area contributed by atoms with Gasteiger partial charge in [-0.1, -0.05) is 24.6 Å². The zero-order valence-corrected chi connectivity index (χ0v) is 16.6. The molecule has 0 unspecified atom stereocenters. The highest BCUT2D eigenvalue weighted by atomic mass is 19.2. The minimum absolute atomic E-state index is 0.0932. The molecule has 0 bridgehead atoms. The van der Waals surface area contributed by atoms with Crippen LogP contribution in [0, 0.1) is 11.6 Å². The Kier molecular flexibility index (Phi) is 5.54. The molecule has 1 N–H and O–H groups in total. The molecule has 2 aliphatic rings. The van der Waals surface area contributed by atoms with Crippen LogP contribution in [0.4, 0.5) is 8.78 Å². The topological polar surface area (TPSA) is 41.6 Å². The van der Waals surface area contributed by atoms with Crippen molar-refractivity contribution in [3.05, 3.63) is 65.2 Å². The van der Waals surface area contributed by atoms with Crippen LogP contribution in [0.1, 0.15) is 42.7 Å². The number of nitrogens with zero attached hydrogens (tertiary/aromatic N) is 1. The van der Waals surface area contributed by atoms with E-state index in [2.05, 4.69) is 22.3 Å². The summed E-state index contributed by atoms with van der Waals surface area (Å²) in [5, 5.41) is 3.32. The Balaban J connectivity index is 1.62. The number of nitrogens with one attached hydrogen (secondary N) is 1. The molecule has 2 aliphatic heterocycles. The zero-order valence-electron chi connectivity index (χ0n) is 16.6. The molecule has 29 heavy (non-hydrogen) atoms. The first-order chi connectivity index (χ1) is 14.0. The minimum atomic E-state index is -0.834. The molecule has 4 rings (SSSR count). The predicted octanol–water partition coefficient (Wildman–Crippen LogP) is 4.00. The monoisotopic (exact) mass is 400 g/mol. The SMILES string of the molecule is COc1ccc([C@@H]2CN(Cc3ccc(F)c(F)c3)C[C@]23CCCCC(=O)N3)cc1. The van der Waals surface area contributed by atoms with Crippen molar-refractivity contribution >= 4 is 5.91 Å². The number of halogens is 2. The van der Waals surface area contributed by atoms with Gasteiger partial charge in [0.25, 0.3) is 0 Å². The van der Waals surface area contributed by atoms with E-state index < -0.39 is 11.6 Å². The van der Waals surface area contributed by atoms with Gasteiger partial charge in [0.2, 0.25) is 5.91 Å². The summed E-state index contributed by atoms with van der Waals surface area (Å²) in [4.78, 5) is 14.7. The standard InChI is InChI=1S/C23H26F2N2O2/c1-29-18-8-6-17(7-9-18)19-14-27(13-16-5-10-20(24)21(25)12-16)15-23(19)11-3-2-4-22(28)26-23/h5-10,12,19H,2-4,11,13-15H2,1H3,(H,26,28)/t19-,23+/m0/s1. The number of rotatable bonds is 4. The van der Waals surface area contributed by atoms with Crippen molar-refractivity contribution in [1.29, 1.82) is 0 Å². The van der Waals surface area contributed by atoms with E-state index in [0.717, 1.165) is 42.7 Å². The summed E-state index contributed by atoms with van der Waals surface area (Å²) in [6.45, 7) is 1.95. The summed E-state index contributed by atoms with van der Waals surface area (Å²) in [5.41, 5.74) is 1.54. The first kappa shape index (κ1) is 19.8. The second-order valence-electron chi connectivity index (χ2n) is 8.16. The molecule has 0 saturated carbocycles. The van der Waals surface area contributed by atoms with Crippen LogP contribution in [-0.4, -0.2) is 36.5 Å². The van der Waals surface area contributed by atoms with Crippen LogP contribution >= 0.6 is 0 Å². The summed E-state index contributed by atoms with van der Waals surface area (Å²) in [6.07, 6.45) is 3.35. The van der Waals surface area contributed by atoms with Crippen LogP contribution in [0.2, 0.25) is 0 Å². The molecule has 0 aliphatic carbocycles. The number of ether oxygens (including phenoxy) is 1. The molecule has 154 valence electrons. The summed E-state index contributed by atoms with van der Waals surface area (Å²) < 4.78 is 32.2. The van der Waals surface area contributed by atoms with Crippen molar-refractivity contribution in [1.82, 2.24) is 10.2 Å². The highest BCUT2D eigenvalue weighted by Crippen LogP contribution is 2.41. The van der Waals surface area contributed by atoms with Gasteiger partial charge in [-0.2, -0.15) is 0 Å². The first-order valence-electron chi connectivity index (χ1n) is 10.1. The van der Waals surface area contributed by atoms with E-state index in [1.807, 2.05) is 12.1 Å². The fraction of sp³-hybridized carbons (Fsp3) is 0.435. The normalized spacial score (nSPS) is 25.1. The molecule has 1 spiro atoms. The van der Waals surface area contributed by atoms with E-state index in [1.165, 1.54) is 12.1 Å². The van der Waals surface area contributed by atoms with Gasteiger partial charge in [-0.3, -0.25) is 9.69 Å². The van der Waals surface area contributed by atoms with Crippen LogP contribution in [0.25, 0.3) is 0 Å². The van der Waals surface area contributed by atoms with Crippen molar-refractivity contribution in [2.45, 2.75) is 43.7 Å². The number of amides is 1. The van der Waals surface area contributed by atoms with Gasteiger partial charge in [-0.05, 0) is 48.2 Å². The van der Waals surface area contributed by atoms with Crippen molar-refractivity contribution < 1.29 is 18.3 Å². The van der Waals surface area contributed by atoms with Gasteiger partial charge in [0.1, 0.15) is 5.75 Å². The lowest BCUT2D eigenvalue weighted by atomic mass is 9.79. The van der Waals surface area contributed by atoms with Gasteiger partial charge in [0.05, 0.1) is 12.6 Å². The van der Waals surface area contributed by atoms with Gasteiger partial charge < -0.3 is 10.1 Å². The zero-order chi connectivity index (χ0) is 20.4. The van der Waals surface area contributed by atoms with Crippen molar-refractivity contribution in [3.8, 4) is 5.75 Å². The van der Waals surface area contributed by atoms with E-state index in [1.54, 1.807) is 13.2 Å². The maximum atomic E-state index is 13.7. The van der Waals surface area contributed by atoms with E-state index >= 15 is 0 Å². The lowest BCUT2D eigenvalue weighted by Gasteiger charge is -2.35. The molecule has 0 aromatic heterocycles. The Morgan fingerprint density at radius 2 is 1.93 bits per heavy atom. The summed E-state index contributed by atoms with van der Waals surface area (Å²) >= 11 is 0. The van der Waals surface area contributed by atoms with Crippen molar-refractivity contribution in [2.24, 2.45) is 0 Å². The van der Waals surface area contributed by atoms with Gasteiger partial charge in [0, 0.05) is 32.0 Å². The molecule has 0 radical (unpaired) electrons. The molecule has 2 aromatic rings. The molecule has 2 heterocycles. The highest BCUT2D eigenvalue weighted by molar-refractivity contribution is 5.77. The number of likely N-dealkylation sites (tertiary alicyclic amines) is 1. The molecule has 6 heteroatoms. The number of carbonyl (C=O) groups is 1. The maximum absolute atomic E-state index is 13.7. The summed E-state index contributed by atoms with van der Waals surface area (Å²) in [5.74, 6) is -0.648. The number of hydrogen-bond acceptors (Lipinski definition) is 3. The van der Waals surface area contributed by atoms with Crippen LogP contribution in [0.5, 0.6) is 5.75 Å². The number of hydrogen-bond donors (Lipinski definition) is 1. The molecule has 4 nitrogen and oxygen atoms in total. The van der Waals surface area contributed by atoms with Gasteiger partial charge in [0.15, 0.2) is 11.6 Å². The smallest absolute Gasteiger partial charge is 0.220 e. The molecule has 1 amide bonds. The Labute approximate surface area is 169 Å². The van der Waals surface area contributed by atoms with E-state index in [4.69, 9.17) is 4.74 Å². The second kappa shape index (κ2) is 8.11. The highest BCUT2D eigenvalue weighted by Gasteiger charge is 2.48. The van der Waals surface area contributed by atoms with Crippen molar-refractivity contribution in [3.63, 3.8) is 0 Å². The minimum Gasteiger partial charge on any atom is -0.497 e. The molecule has 2 saturated heterocycles. The third-order valence-electron chi connectivity index (χ3n) is 6.19. The fourth-order valence-corrected chi connectivity index (χ4v) is 4.79. The molecular weight excluding hydrogens is 374 g/mol. The molecule has 2 fully saturated rings. The third kappa shape index (κ3) is 4.13. The van der Waals surface area contributed by atoms with Gasteiger partial charge in [-0.15, -0.1) is 0 Å². The van der Waals surface area contributed by atoms with Crippen LogP contribution < -0.4 is 10.1 Å². The van der Waals surface area contributed by atoms with Gasteiger partial charge in [-0.25, -0.2) is 8.78 Å². The Morgan fingerprint density at radius 3 is 2.66 bits per heavy atom. The largest absolute Gasteiger partial charge is 0.497 e. The molecular formula is C23H26F2N2O2.